The average molecular weight is 235 g/mol. The molecule has 0 bridgehead atoms. The Hall–Kier alpha value is -1.80. The third kappa shape index (κ3) is 3.61. The van der Waals surface area contributed by atoms with Crippen molar-refractivity contribution in [1.29, 1.82) is 0 Å². The van der Waals surface area contributed by atoms with Crippen LogP contribution in [0.2, 0.25) is 0 Å². The van der Waals surface area contributed by atoms with Crippen molar-refractivity contribution in [2.24, 2.45) is 5.73 Å². The molecule has 0 aliphatic heterocycles. The van der Waals surface area contributed by atoms with Crippen LogP contribution in [0, 0.1) is 12.3 Å². The zero-order valence-electron chi connectivity index (χ0n) is 9.76. The van der Waals surface area contributed by atoms with Gasteiger partial charge in [-0.15, -0.1) is 12.3 Å². The first-order chi connectivity index (χ1) is 8.20. The van der Waals surface area contributed by atoms with Gasteiger partial charge in [-0.1, -0.05) is 0 Å². The topological polar surface area (TPSA) is 70.0 Å². The van der Waals surface area contributed by atoms with E-state index in [9.17, 15) is 9.59 Å². The number of aryl methyl sites for hydroxylation is 1. The van der Waals surface area contributed by atoms with Crippen molar-refractivity contribution in [3.05, 3.63) is 33.1 Å². The summed E-state index contributed by atoms with van der Waals surface area (Å²) < 4.78 is 2.72. The molecule has 0 saturated carbocycles. The number of unbranched alkanes of at least 4 members (excludes halogenated alkanes) is 1. The molecule has 0 amide bonds. The fraction of sp³-hybridized carbons (Fsp3) is 0.500. The summed E-state index contributed by atoms with van der Waals surface area (Å²) >= 11 is 0. The van der Waals surface area contributed by atoms with E-state index >= 15 is 0 Å². The first-order valence-electron chi connectivity index (χ1n) is 5.64. The summed E-state index contributed by atoms with van der Waals surface area (Å²) in [7, 11) is 0. The van der Waals surface area contributed by atoms with Crippen LogP contribution < -0.4 is 17.0 Å². The quantitative estimate of drug-likeness (QED) is 0.547. The van der Waals surface area contributed by atoms with Crippen LogP contribution in [-0.4, -0.2) is 15.7 Å². The van der Waals surface area contributed by atoms with E-state index in [0.717, 1.165) is 6.42 Å². The van der Waals surface area contributed by atoms with Crippen LogP contribution in [0.4, 0.5) is 0 Å². The van der Waals surface area contributed by atoms with E-state index in [1.54, 1.807) is 0 Å². The maximum absolute atomic E-state index is 11.9. The highest BCUT2D eigenvalue weighted by Gasteiger charge is 2.03. The minimum Gasteiger partial charge on any atom is -0.330 e. The van der Waals surface area contributed by atoms with Crippen LogP contribution in [0.5, 0.6) is 0 Å². The second-order valence-corrected chi connectivity index (χ2v) is 3.73. The summed E-state index contributed by atoms with van der Waals surface area (Å²) in [5, 5.41) is 0. The Labute approximate surface area is 99.9 Å². The molecule has 0 unspecified atom stereocenters. The van der Waals surface area contributed by atoms with Gasteiger partial charge in [0.25, 0.3) is 5.56 Å². The van der Waals surface area contributed by atoms with Crippen LogP contribution in [0.3, 0.4) is 0 Å². The first-order valence-corrected chi connectivity index (χ1v) is 5.64. The third-order valence-corrected chi connectivity index (χ3v) is 2.45. The Morgan fingerprint density at radius 1 is 1.29 bits per heavy atom. The van der Waals surface area contributed by atoms with Gasteiger partial charge < -0.3 is 10.3 Å². The molecule has 0 atom stereocenters. The molecule has 0 aliphatic carbocycles. The number of nitrogens with two attached hydrogens (primary N) is 1. The van der Waals surface area contributed by atoms with Gasteiger partial charge in [0.2, 0.25) is 0 Å². The SMILES string of the molecule is C#CCCCn1ccc(=O)n(CCCN)c1=O. The van der Waals surface area contributed by atoms with Crippen molar-refractivity contribution in [2.45, 2.75) is 32.4 Å². The van der Waals surface area contributed by atoms with Crippen molar-refractivity contribution in [2.75, 3.05) is 6.54 Å². The number of hydrogen-bond donors (Lipinski definition) is 1. The summed E-state index contributed by atoms with van der Waals surface area (Å²) in [5.74, 6) is 2.52. The molecule has 2 N–H and O–H groups in total. The number of rotatable bonds is 6. The molecular weight excluding hydrogens is 218 g/mol. The van der Waals surface area contributed by atoms with Crippen LogP contribution in [0.1, 0.15) is 19.3 Å². The Morgan fingerprint density at radius 3 is 2.71 bits per heavy atom. The molecule has 0 saturated heterocycles. The molecule has 17 heavy (non-hydrogen) atoms. The monoisotopic (exact) mass is 235 g/mol. The van der Waals surface area contributed by atoms with Crippen molar-refractivity contribution in [3.63, 3.8) is 0 Å². The molecule has 1 heterocycles. The van der Waals surface area contributed by atoms with E-state index in [1.807, 2.05) is 0 Å². The summed E-state index contributed by atoms with van der Waals surface area (Å²) in [6.45, 7) is 1.36. The van der Waals surface area contributed by atoms with Gasteiger partial charge in [-0.3, -0.25) is 9.36 Å². The van der Waals surface area contributed by atoms with Crippen molar-refractivity contribution in [3.8, 4) is 12.3 Å². The average Bonchev–Trinajstić information content (AvgIpc) is 2.32. The first kappa shape index (κ1) is 13.3. The van der Waals surface area contributed by atoms with Gasteiger partial charge in [0.1, 0.15) is 0 Å². The minimum absolute atomic E-state index is 0.281. The van der Waals surface area contributed by atoms with Gasteiger partial charge in [-0.25, -0.2) is 4.79 Å². The molecule has 1 aromatic heterocycles. The highest BCUT2D eigenvalue weighted by atomic mass is 16.2. The van der Waals surface area contributed by atoms with Crippen molar-refractivity contribution < 1.29 is 0 Å². The van der Waals surface area contributed by atoms with Crippen molar-refractivity contribution in [1.82, 2.24) is 9.13 Å². The second-order valence-electron chi connectivity index (χ2n) is 3.73. The molecule has 5 heteroatoms. The molecule has 92 valence electrons. The predicted molar refractivity (Wildman–Crippen MR) is 66.7 cm³/mol. The molecule has 0 aromatic carbocycles. The largest absolute Gasteiger partial charge is 0.330 e. The lowest BCUT2D eigenvalue weighted by Gasteiger charge is -2.08. The number of aromatic nitrogens is 2. The smallest absolute Gasteiger partial charge is 0.330 e. The van der Waals surface area contributed by atoms with E-state index in [0.29, 0.717) is 32.5 Å². The molecule has 0 fully saturated rings. The Balaban J connectivity index is 2.90. The zero-order valence-corrected chi connectivity index (χ0v) is 9.76. The fourth-order valence-electron chi connectivity index (χ4n) is 1.53. The van der Waals surface area contributed by atoms with Gasteiger partial charge in [0.15, 0.2) is 0 Å². The number of hydrogen-bond acceptors (Lipinski definition) is 3. The maximum atomic E-state index is 11.9. The molecule has 5 nitrogen and oxygen atoms in total. The number of nitrogens with zero attached hydrogens (tertiary/aromatic N) is 2. The highest BCUT2D eigenvalue weighted by molar-refractivity contribution is 4.87. The third-order valence-electron chi connectivity index (χ3n) is 2.45. The number of terminal acetylenes is 1. The van der Waals surface area contributed by atoms with Crippen LogP contribution >= 0.6 is 0 Å². The lowest BCUT2D eigenvalue weighted by molar-refractivity contribution is 0.527. The van der Waals surface area contributed by atoms with Gasteiger partial charge >= 0.3 is 5.69 Å². The predicted octanol–water partition coefficient (Wildman–Crippen LogP) is -0.228. The summed E-state index contributed by atoms with van der Waals surface area (Å²) in [4.78, 5) is 23.4. The molecule has 0 spiro atoms. The van der Waals surface area contributed by atoms with Gasteiger partial charge in [-0.2, -0.15) is 0 Å². The summed E-state index contributed by atoms with van der Waals surface area (Å²) in [6, 6.07) is 1.40. The van der Waals surface area contributed by atoms with E-state index < -0.39 is 0 Å². The summed E-state index contributed by atoms with van der Waals surface area (Å²) in [6.07, 6.45) is 8.62. The van der Waals surface area contributed by atoms with Crippen LogP contribution in [-0.2, 0) is 13.1 Å². The van der Waals surface area contributed by atoms with Crippen LogP contribution in [0.25, 0.3) is 0 Å². The van der Waals surface area contributed by atoms with E-state index in [1.165, 1.54) is 21.4 Å². The lowest BCUT2D eigenvalue weighted by atomic mass is 10.3. The fourth-order valence-corrected chi connectivity index (χ4v) is 1.53. The minimum atomic E-state index is -0.289. The Bertz CT molecular complexity index is 508. The Morgan fingerprint density at radius 2 is 2.06 bits per heavy atom. The molecule has 1 rings (SSSR count). The second kappa shape index (κ2) is 6.71. The maximum Gasteiger partial charge on any atom is 0.330 e. The van der Waals surface area contributed by atoms with E-state index in [2.05, 4.69) is 5.92 Å². The molecule has 0 aliphatic rings. The summed E-state index contributed by atoms with van der Waals surface area (Å²) in [5.41, 5.74) is 4.80. The molecular formula is C12H17N3O2. The van der Waals surface area contributed by atoms with Gasteiger partial charge in [0.05, 0.1) is 0 Å². The van der Waals surface area contributed by atoms with Gasteiger partial charge in [-0.05, 0) is 19.4 Å². The normalized spacial score (nSPS) is 10.1. The molecule has 1 aromatic rings. The highest BCUT2D eigenvalue weighted by Crippen LogP contribution is 1.90. The molecule has 0 radical (unpaired) electrons. The standard InChI is InChI=1S/C12H17N3O2/c1-2-3-4-8-14-10-6-11(16)15(12(14)17)9-5-7-13/h1,6,10H,3-5,7-9,13H2. The Kier molecular flexibility index (Phi) is 5.24. The van der Waals surface area contributed by atoms with Crippen molar-refractivity contribution >= 4 is 0 Å². The van der Waals surface area contributed by atoms with E-state index in [4.69, 9.17) is 12.2 Å². The van der Waals surface area contributed by atoms with Gasteiger partial charge in [0, 0.05) is 31.8 Å². The van der Waals surface area contributed by atoms with Crippen LogP contribution in [0.15, 0.2) is 21.9 Å². The lowest BCUT2D eigenvalue weighted by Crippen LogP contribution is -2.39. The van der Waals surface area contributed by atoms with E-state index in [-0.39, 0.29) is 11.2 Å². The zero-order chi connectivity index (χ0) is 12.7.